The molecule has 1 heterocycles. The van der Waals surface area contributed by atoms with Crippen LogP contribution in [0.5, 0.6) is 0 Å². The number of hydrogen-bond donors (Lipinski definition) is 2. The Balaban J connectivity index is 1.88. The lowest BCUT2D eigenvalue weighted by atomic mass is 9.91. The number of carbonyl (C=O) groups excluding carboxylic acids is 1. The summed E-state index contributed by atoms with van der Waals surface area (Å²) in [6.45, 7) is 1.47. The molecule has 1 amide bonds. The highest BCUT2D eigenvalue weighted by Gasteiger charge is 2.23. The molecule has 2 aromatic rings. The van der Waals surface area contributed by atoms with E-state index in [9.17, 15) is 9.90 Å². The lowest BCUT2D eigenvalue weighted by Crippen LogP contribution is -2.16. The molecule has 1 aromatic carbocycles. The number of anilines is 1. The fourth-order valence-electron chi connectivity index (χ4n) is 3.32. The fourth-order valence-corrected chi connectivity index (χ4v) is 3.32. The summed E-state index contributed by atoms with van der Waals surface area (Å²) in [4.78, 5) is 21.2. The number of fused-ring (bicyclic) bond motifs is 3. The van der Waals surface area contributed by atoms with Crippen molar-refractivity contribution in [2.75, 3.05) is 5.32 Å². The second kappa shape index (κ2) is 6.26. The third-order valence-corrected chi connectivity index (χ3v) is 4.52. The van der Waals surface area contributed by atoms with Crippen LogP contribution in [-0.2, 0) is 17.6 Å². The molecule has 2 N–H and O–H groups in total. The smallest absolute Gasteiger partial charge is 0.222 e. The van der Waals surface area contributed by atoms with E-state index in [1.165, 1.54) is 12.5 Å². The van der Waals surface area contributed by atoms with E-state index in [1.54, 1.807) is 6.08 Å². The Morgan fingerprint density at radius 1 is 1.20 bits per heavy atom. The average Bonchev–Trinajstić information content (AvgIpc) is 2.61. The van der Waals surface area contributed by atoms with E-state index in [0.717, 1.165) is 35.4 Å². The van der Waals surface area contributed by atoms with E-state index in [1.807, 2.05) is 24.3 Å². The van der Waals surface area contributed by atoms with Crippen LogP contribution in [0.15, 0.2) is 42.5 Å². The molecule has 0 radical (unpaired) electrons. The zero-order chi connectivity index (χ0) is 17.4. The van der Waals surface area contributed by atoms with E-state index in [4.69, 9.17) is 9.97 Å². The van der Waals surface area contributed by atoms with Crippen molar-refractivity contribution in [3.63, 3.8) is 0 Å². The van der Waals surface area contributed by atoms with Crippen LogP contribution in [0, 0.1) is 0 Å². The summed E-state index contributed by atoms with van der Waals surface area (Å²) in [5, 5.41) is 12.5. The molecule has 1 atom stereocenters. The summed E-state index contributed by atoms with van der Waals surface area (Å²) in [5.41, 5.74) is 5.68. The van der Waals surface area contributed by atoms with E-state index >= 15 is 0 Å². The van der Waals surface area contributed by atoms with E-state index < -0.39 is 6.10 Å². The third kappa shape index (κ3) is 2.98. The van der Waals surface area contributed by atoms with E-state index in [0.29, 0.717) is 17.9 Å². The van der Waals surface area contributed by atoms with Gasteiger partial charge in [-0.3, -0.25) is 4.79 Å². The number of nitrogens with one attached hydrogen (secondary N) is 1. The zero-order valence-electron chi connectivity index (χ0n) is 14.0. The largest absolute Gasteiger partial charge is 0.389 e. The van der Waals surface area contributed by atoms with Crippen LogP contribution in [0.25, 0.3) is 16.8 Å². The molecule has 126 valence electrons. The molecule has 5 nitrogen and oxygen atoms in total. The van der Waals surface area contributed by atoms with E-state index in [-0.39, 0.29) is 5.91 Å². The van der Waals surface area contributed by atoms with Gasteiger partial charge in [-0.05, 0) is 30.4 Å². The molecule has 0 bridgehead atoms. The maximum atomic E-state index is 11.6. The predicted octanol–water partition coefficient (Wildman–Crippen LogP) is 2.90. The summed E-state index contributed by atoms with van der Waals surface area (Å²) < 4.78 is 0. The Kier molecular flexibility index (Phi) is 3.93. The number of carbonyl (C=O) groups is 1. The Bertz CT molecular complexity index is 915. The van der Waals surface area contributed by atoms with Gasteiger partial charge in [0.1, 0.15) is 5.69 Å². The number of aliphatic hydroxyl groups is 1. The van der Waals surface area contributed by atoms with Gasteiger partial charge in [0.05, 0.1) is 17.5 Å². The average molecular weight is 333 g/mol. The quantitative estimate of drug-likeness (QED) is 0.886. The van der Waals surface area contributed by atoms with Gasteiger partial charge in [0.25, 0.3) is 0 Å². The number of allylic oxidation sites excluding steroid dienone is 2. The first-order chi connectivity index (χ1) is 12.1. The second-order valence-electron chi connectivity index (χ2n) is 6.38. The first-order valence-corrected chi connectivity index (χ1v) is 8.45. The molecule has 0 fully saturated rings. The molecule has 4 rings (SSSR count). The molecule has 0 spiro atoms. The van der Waals surface area contributed by atoms with E-state index in [2.05, 4.69) is 17.4 Å². The molecule has 0 aliphatic heterocycles. The molecule has 5 heteroatoms. The number of aryl methyl sites for hydroxylation is 2. The SMILES string of the molecule is CC(=O)Nc1nc2c(nc1C1=CCC(O)C=C1)-c1ccccc1CC2. The van der Waals surface area contributed by atoms with Gasteiger partial charge >= 0.3 is 0 Å². The van der Waals surface area contributed by atoms with Crippen LogP contribution in [0.3, 0.4) is 0 Å². The summed E-state index contributed by atoms with van der Waals surface area (Å²) >= 11 is 0. The van der Waals surface area contributed by atoms with Gasteiger partial charge < -0.3 is 10.4 Å². The van der Waals surface area contributed by atoms with Gasteiger partial charge in [-0.1, -0.05) is 42.5 Å². The van der Waals surface area contributed by atoms with Crippen molar-refractivity contribution < 1.29 is 9.90 Å². The van der Waals surface area contributed by atoms with Crippen molar-refractivity contribution in [2.45, 2.75) is 32.3 Å². The molecule has 1 aromatic heterocycles. The normalized spacial score (nSPS) is 18.2. The number of benzene rings is 1. The minimum atomic E-state index is -0.473. The second-order valence-corrected chi connectivity index (χ2v) is 6.38. The molecular weight excluding hydrogens is 314 g/mol. The van der Waals surface area contributed by atoms with Crippen molar-refractivity contribution in [1.29, 1.82) is 0 Å². The Morgan fingerprint density at radius 3 is 2.80 bits per heavy atom. The fraction of sp³-hybridized carbons (Fsp3) is 0.250. The standard InChI is InChI=1S/C20H19N3O2/c1-12(24)21-20-18(14-6-9-15(25)10-7-14)23-19-16-5-3-2-4-13(16)8-11-17(19)22-20/h2-7,9,15,25H,8,10-11H2,1H3,(H,21,22,24). The van der Waals surface area contributed by atoms with Gasteiger partial charge in [0.15, 0.2) is 5.82 Å². The van der Waals surface area contributed by atoms with Crippen LogP contribution in [-0.4, -0.2) is 27.1 Å². The summed E-state index contributed by atoms with van der Waals surface area (Å²) in [6, 6.07) is 8.24. The zero-order valence-corrected chi connectivity index (χ0v) is 14.0. The first-order valence-electron chi connectivity index (χ1n) is 8.45. The minimum absolute atomic E-state index is 0.174. The molecule has 1 unspecified atom stereocenters. The van der Waals surface area contributed by atoms with Crippen molar-refractivity contribution in [2.24, 2.45) is 0 Å². The van der Waals surface area contributed by atoms with Gasteiger partial charge in [-0.25, -0.2) is 9.97 Å². The molecule has 25 heavy (non-hydrogen) atoms. The minimum Gasteiger partial charge on any atom is -0.389 e. The maximum absolute atomic E-state index is 11.6. The number of rotatable bonds is 2. The molecular formula is C20H19N3O2. The number of amides is 1. The van der Waals surface area contributed by atoms with Gasteiger partial charge in [0.2, 0.25) is 5.91 Å². The number of aromatic nitrogens is 2. The number of hydrogen-bond acceptors (Lipinski definition) is 4. The third-order valence-electron chi connectivity index (χ3n) is 4.52. The Morgan fingerprint density at radius 2 is 2.04 bits per heavy atom. The predicted molar refractivity (Wildman–Crippen MR) is 96.9 cm³/mol. The maximum Gasteiger partial charge on any atom is 0.222 e. The summed E-state index contributed by atoms with van der Waals surface area (Å²) in [5.74, 6) is 0.310. The number of aliphatic hydroxyl groups excluding tert-OH is 1. The van der Waals surface area contributed by atoms with Crippen LogP contribution in [0.4, 0.5) is 5.82 Å². The van der Waals surface area contributed by atoms with Crippen LogP contribution >= 0.6 is 0 Å². The Hall–Kier alpha value is -2.79. The van der Waals surface area contributed by atoms with Crippen molar-refractivity contribution >= 4 is 17.3 Å². The Labute approximate surface area is 146 Å². The monoisotopic (exact) mass is 333 g/mol. The van der Waals surface area contributed by atoms with Crippen LogP contribution in [0.2, 0.25) is 0 Å². The van der Waals surface area contributed by atoms with Crippen molar-refractivity contribution in [1.82, 2.24) is 9.97 Å². The highest BCUT2D eigenvalue weighted by Crippen LogP contribution is 2.35. The van der Waals surface area contributed by atoms with Crippen molar-refractivity contribution in [3.05, 3.63) is 59.4 Å². The van der Waals surface area contributed by atoms with Crippen LogP contribution in [0.1, 0.15) is 30.3 Å². The van der Waals surface area contributed by atoms with Gasteiger partial charge in [-0.2, -0.15) is 0 Å². The highest BCUT2D eigenvalue weighted by atomic mass is 16.3. The molecule has 0 saturated carbocycles. The lowest BCUT2D eigenvalue weighted by Gasteiger charge is -2.21. The van der Waals surface area contributed by atoms with Crippen molar-refractivity contribution in [3.8, 4) is 11.3 Å². The molecule has 2 aliphatic rings. The van der Waals surface area contributed by atoms with Gasteiger partial charge in [0, 0.05) is 12.5 Å². The summed E-state index contributed by atoms with van der Waals surface area (Å²) in [6.07, 6.45) is 7.29. The lowest BCUT2D eigenvalue weighted by molar-refractivity contribution is -0.114. The molecule has 2 aliphatic carbocycles. The highest BCUT2D eigenvalue weighted by molar-refractivity contribution is 5.92. The van der Waals surface area contributed by atoms with Gasteiger partial charge in [-0.15, -0.1) is 0 Å². The number of nitrogens with zero attached hydrogens (tertiary/aromatic N) is 2. The topological polar surface area (TPSA) is 75.1 Å². The summed E-state index contributed by atoms with van der Waals surface area (Å²) in [7, 11) is 0. The molecule has 0 saturated heterocycles. The first kappa shape index (κ1) is 15.7. The van der Waals surface area contributed by atoms with Crippen LogP contribution < -0.4 is 5.32 Å².